The molecular formula is C8H14N2. The van der Waals surface area contributed by atoms with Gasteiger partial charge in [-0.15, -0.1) is 0 Å². The third kappa shape index (κ3) is 2.54. The summed E-state index contributed by atoms with van der Waals surface area (Å²) in [6.07, 6.45) is 3.46. The van der Waals surface area contributed by atoms with E-state index in [9.17, 15) is 0 Å². The maximum absolute atomic E-state index is 8.27. The Labute approximate surface area is 62.3 Å². The van der Waals surface area contributed by atoms with Crippen LogP contribution in [0.25, 0.3) is 0 Å². The Hall–Kier alpha value is -0.970. The van der Waals surface area contributed by atoms with Crippen LogP contribution in [0.2, 0.25) is 0 Å². The minimum Gasteiger partial charge on any atom is -0.401 e. The maximum Gasteiger partial charge on any atom is 0.0930 e. The van der Waals surface area contributed by atoms with Gasteiger partial charge in [0.1, 0.15) is 0 Å². The highest BCUT2D eigenvalue weighted by molar-refractivity contribution is 5.12. The Morgan fingerprint density at radius 2 is 2.10 bits per heavy atom. The smallest absolute Gasteiger partial charge is 0.0930 e. The molecule has 0 bridgehead atoms. The number of nitrogens with zero attached hydrogens (tertiary/aromatic N) is 1. The van der Waals surface area contributed by atoms with Crippen LogP contribution in [0.3, 0.4) is 0 Å². The molecule has 0 saturated heterocycles. The maximum atomic E-state index is 8.27. The van der Waals surface area contributed by atoms with Gasteiger partial charge < -0.3 is 5.73 Å². The molecule has 0 amide bonds. The summed E-state index contributed by atoms with van der Waals surface area (Å²) in [5, 5.41) is 8.27. The monoisotopic (exact) mass is 138 g/mol. The fourth-order valence-electron chi connectivity index (χ4n) is 0.952. The van der Waals surface area contributed by atoms with Gasteiger partial charge in [-0.2, -0.15) is 5.26 Å². The second-order valence-corrected chi connectivity index (χ2v) is 2.29. The van der Waals surface area contributed by atoms with E-state index in [4.69, 9.17) is 11.0 Å². The Kier molecular flexibility index (Phi) is 4.39. The molecule has 0 atom stereocenters. The summed E-state index contributed by atoms with van der Waals surface area (Å²) in [6.45, 7) is 4.15. The minimum atomic E-state index is 0.389. The molecule has 0 aromatic carbocycles. The number of hydrogen-bond donors (Lipinski definition) is 1. The standard InChI is InChI=1S/C8H14N2/c1-3-7(4-2)8(10)5-6-9/h5,7H,3-4,10H2,1-2H3/b8-5-. The van der Waals surface area contributed by atoms with E-state index < -0.39 is 0 Å². The molecule has 0 radical (unpaired) electrons. The molecule has 2 N–H and O–H groups in total. The molecule has 0 heterocycles. The summed E-state index contributed by atoms with van der Waals surface area (Å²) in [5.41, 5.74) is 6.30. The molecule has 0 spiro atoms. The molecule has 0 aromatic rings. The first-order chi connectivity index (χ1) is 4.76. The van der Waals surface area contributed by atoms with Crippen LogP contribution in [-0.4, -0.2) is 0 Å². The van der Waals surface area contributed by atoms with Crippen molar-refractivity contribution in [3.8, 4) is 6.07 Å². The predicted molar refractivity (Wildman–Crippen MR) is 42.0 cm³/mol. The van der Waals surface area contributed by atoms with Crippen LogP contribution in [0, 0.1) is 17.2 Å². The number of hydrogen-bond acceptors (Lipinski definition) is 2. The molecule has 0 aliphatic carbocycles. The average molecular weight is 138 g/mol. The first-order valence-corrected chi connectivity index (χ1v) is 3.61. The van der Waals surface area contributed by atoms with Crippen LogP contribution in [0.5, 0.6) is 0 Å². The summed E-state index contributed by atoms with van der Waals surface area (Å²) in [4.78, 5) is 0. The normalized spacial score (nSPS) is 11.6. The molecule has 2 nitrogen and oxygen atoms in total. The Balaban J connectivity index is 4.04. The van der Waals surface area contributed by atoms with Crippen molar-refractivity contribution in [2.24, 2.45) is 11.7 Å². The first-order valence-electron chi connectivity index (χ1n) is 3.61. The van der Waals surface area contributed by atoms with Crippen molar-refractivity contribution in [1.29, 1.82) is 5.26 Å². The summed E-state index contributed by atoms with van der Waals surface area (Å²) in [6, 6.07) is 1.93. The minimum absolute atomic E-state index is 0.389. The zero-order valence-electron chi connectivity index (χ0n) is 6.59. The number of nitriles is 1. The van der Waals surface area contributed by atoms with Gasteiger partial charge in [-0.3, -0.25) is 0 Å². The van der Waals surface area contributed by atoms with Crippen LogP contribution >= 0.6 is 0 Å². The highest BCUT2D eigenvalue weighted by Gasteiger charge is 2.04. The van der Waals surface area contributed by atoms with Gasteiger partial charge in [0.25, 0.3) is 0 Å². The Bertz CT molecular complexity index is 149. The van der Waals surface area contributed by atoms with Gasteiger partial charge in [0.15, 0.2) is 0 Å². The molecule has 56 valence electrons. The van der Waals surface area contributed by atoms with Gasteiger partial charge in [-0.05, 0) is 18.8 Å². The van der Waals surface area contributed by atoms with E-state index in [0.29, 0.717) is 11.6 Å². The molecule has 0 fully saturated rings. The fourth-order valence-corrected chi connectivity index (χ4v) is 0.952. The van der Waals surface area contributed by atoms with Gasteiger partial charge >= 0.3 is 0 Å². The van der Waals surface area contributed by atoms with Crippen LogP contribution in [-0.2, 0) is 0 Å². The second-order valence-electron chi connectivity index (χ2n) is 2.29. The van der Waals surface area contributed by atoms with Crippen molar-refractivity contribution in [2.45, 2.75) is 26.7 Å². The quantitative estimate of drug-likeness (QED) is 0.604. The summed E-state index contributed by atoms with van der Waals surface area (Å²) in [7, 11) is 0. The van der Waals surface area contributed by atoms with E-state index in [0.717, 1.165) is 12.8 Å². The van der Waals surface area contributed by atoms with Crippen LogP contribution in [0.4, 0.5) is 0 Å². The van der Waals surface area contributed by atoms with Crippen LogP contribution in [0.1, 0.15) is 26.7 Å². The fraction of sp³-hybridized carbons (Fsp3) is 0.625. The van der Waals surface area contributed by atoms with E-state index in [1.54, 1.807) is 0 Å². The highest BCUT2D eigenvalue weighted by atomic mass is 14.6. The lowest BCUT2D eigenvalue weighted by Crippen LogP contribution is -2.09. The van der Waals surface area contributed by atoms with E-state index >= 15 is 0 Å². The van der Waals surface area contributed by atoms with Crippen molar-refractivity contribution in [3.63, 3.8) is 0 Å². The SMILES string of the molecule is CCC(CC)/C(N)=C/C#N. The third-order valence-corrected chi connectivity index (χ3v) is 1.69. The Morgan fingerprint density at radius 1 is 1.60 bits per heavy atom. The lowest BCUT2D eigenvalue weighted by atomic mass is 10.00. The van der Waals surface area contributed by atoms with E-state index in [-0.39, 0.29) is 0 Å². The number of rotatable bonds is 3. The van der Waals surface area contributed by atoms with Gasteiger partial charge in [-0.1, -0.05) is 13.8 Å². The molecule has 0 rings (SSSR count). The Morgan fingerprint density at radius 3 is 2.40 bits per heavy atom. The molecule has 0 aliphatic heterocycles. The molecule has 0 aromatic heterocycles. The zero-order valence-corrected chi connectivity index (χ0v) is 6.59. The summed E-state index contributed by atoms with van der Waals surface area (Å²) < 4.78 is 0. The predicted octanol–water partition coefficient (Wildman–Crippen LogP) is 1.79. The summed E-state index contributed by atoms with van der Waals surface area (Å²) in [5.74, 6) is 0.389. The van der Waals surface area contributed by atoms with Gasteiger partial charge in [0, 0.05) is 11.8 Å². The van der Waals surface area contributed by atoms with Crippen molar-refractivity contribution in [1.82, 2.24) is 0 Å². The topological polar surface area (TPSA) is 49.8 Å². The van der Waals surface area contributed by atoms with Gasteiger partial charge in [0.05, 0.1) is 6.07 Å². The molecular weight excluding hydrogens is 124 g/mol. The summed E-state index contributed by atoms with van der Waals surface area (Å²) >= 11 is 0. The van der Waals surface area contributed by atoms with Crippen molar-refractivity contribution < 1.29 is 0 Å². The van der Waals surface area contributed by atoms with E-state index in [1.165, 1.54) is 6.08 Å². The van der Waals surface area contributed by atoms with E-state index in [1.807, 2.05) is 6.07 Å². The first kappa shape index (κ1) is 9.03. The largest absolute Gasteiger partial charge is 0.401 e. The van der Waals surface area contributed by atoms with Crippen molar-refractivity contribution in [3.05, 3.63) is 11.8 Å². The van der Waals surface area contributed by atoms with Crippen molar-refractivity contribution in [2.75, 3.05) is 0 Å². The lowest BCUT2D eigenvalue weighted by Gasteiger charge is -2.10. The third-order valence-electron chi connectivity index (χ3n) is 1.69. The lowest BCUT2D eigenvalue weighted by molar-refractivity contribution is 0.566. The van der Waals surface area contributed by atoms with Gasteiger partial charge in [0.2, 0.25) is 0 Å². The van der Waals surface area contributed by atoms with Crippen LogP contribution < -0.4 is 5.73 Å². The van der Waals surface area contributed by atoms with Crippen molar-refractivity contribution >= 4 is 0 Å². The average Bonchev–Trinajstić information content (AvgIpc) is 1.91. The second kappa shape index (κ2) is 4.87. The number of nitrogens with two attached hydrogens (primary N) is 1. The highest BCUT2D eigenvalue weighted by Crippen LogP contribution is 2.13. The zero-order chi connectivity index (χ0) is 7.98. The molecule has 10 heavy (non-hydrogen) atoms. The molecule has 0 aliphatic rings. The number of allylic oxidation sites excluding steroid dienone is 2. The molecule has 2 heteroatoms. The molecule has 0 saturated carbocycles. The van der Waals surface area contributed by atoms with Gasteiger partial charge in [-0.25, -0.2) is 0 Å². The van der Waals surface area contributed by atoms with E-state index in [2.05, 4.69) is 13.8 Å². The van der Waals surface area contributed by atoms with Crippen LogP contribution in [0.15, 0.2) is 11.8 Å². The molecule has 0 unspecified atom stereocenters.